The lowest BCUT2D eigenvalue weighted by molar-refractivity contribution is 0.391. The summed E-state index contributed by atoms with van der Waals surface area (Å²) in [5, 5.41) is 0. The standard InChI is InChI=1S/C11H13NO3/c1-8-9(6-12-7-13)4-10(14-2)5-11(8)15-3/h4-5H,6H2,1-3H3. The molecule has 0 saturated carbocycles. The highest BCUT2D eigenvalue weighted by molar-refractivity contribution is 5.46. The number of isocyanates is 1. The van der Waals surface area contributed by atoms with E-state index in [9.17, 15) is 4.79 Å². The van der Waals surface area contributed by atoms with Crippen LogP contribution < -0.4 is 9.47 Å². The van der Waals surface area contributed by atoms with E-state index in [0.717, 1.165) is 16.9 Å². The smallest absolute Gasteiger partial charge is 0.235 e. The Labute approximate surface area is 88.5 Å². The highest BCUT2D eigenvalue weighted by atomic mass is 16.5. The number of aliphatic imine (C=N–C) groups is 1. The zero-order valence-electron chi connectivity index (χ0n) is 9.03. The lowest BCUT2D eigenvalue weighted by atomic mass is 10.1. The number of rotatable bonds is 4. The van der Waals surface area contributed by atoms with E-state index in [4.69, 9.17) is 9.47 Å². The van der Waals surface area contributed by atoms with Crippen LogP contribution in [0.5, 0.6) is 11.5 Å². The molecule has 80 valence electrons. The van der Waals surface area contributed by atoms with Crippen molar-refractivity contribution in [3.63, 3.8) is 0 Å². The lowest BCUT2D eigenvalue weighted by Gasteiger charge is -2.11. The van der Waals surface area contributed by atoms with Crippen LogP contribution in [0, 0.1) is 6.92 Å². The third-order valence-electron chi connectivity index (χ3n) is 2.21. The van der Waals surface area contributed by atoms with Gasteiger partial charge in [-0.1, -0.05) is 0 Å². The minimum Gasteiger partial charge on any atom is -0.497 e. The largest absolute Gasteiger partial charge is 0.497 e. The molecule has 1 aromatic carbocycles. The van der Waals surface area contributed by atoms with Gasteiger partial charge in [-0.25, -0.2) is 9.79 Å². The van der Waals surface area contributed by atoms with E-state index in [0.29, 0.717) is 12.3 Å². The van der Waals surface area contributed by atoms with Crippen molar-refractivity contribution in [3.8, 4) is 11.5 Å². The monoisotopic (exact) mass is 207 g/mol. The van der Waals surface area contributed by atoms with Gasteiger partial charge >= 0.3 is 0 Å². The number of hydrogen-bond donors (Lipinski definition) is 0. The Morgan fingerprint density at radius 2 is 2.07 bits per heavy atom. The molecule has 0 unspecified atom stereocenters. The summed E-state index contributed by atoms with van der Waals surface area (Å²) in [6.07, 6.45) is 1.51. The SMILES string of the molecule is COc1cc(CN=C=O)c(C)c(OC)c1. The zero-order valence-corrected chi connectivity index (χ0v) is 9.03. The molecule has 4 nitrogen and oxygen atoms in total. The minimum atomic E-state index is 0.295. The van der Waals surface area contributed by atoms with Crippen LogP contribution in [0.3, 0.4) is 0 Å². The average Bonchev–Trinajstić information content (AvgIpc) is 2.27. The van der Waals surface area contributed by atoms with Gasteiger partial charge in [-0.15, -0.1) is 0 Å². The van der Waals surface area contributed by atoms with Gasteiger partial charge in [0.25, 0.3) is 0 Å². The Hall–Kier alpha value is -1.80. The predicted molar refractivity (Wildman–Crippen MR) is 56.1 cm³/mol. The first kappa shape index (κ1) is 11.3. The number of nitrogens with zero attached hydrogens (tertiary/aromatic N) is 1. The Balaban J connectivity index is 3.17. The third-order valence-corrected chi connectivity index (χ3v) is 2.21. The first-order valence-electron chi connectivity index (χ1n) is 4.48. The van der Waals surface area contributed by atoms with E-state index in [-0.39, 0.29) is 0 Å². The summed E-state index contributed by atoms with van der Waals surface area (Å²) in [4.78, 5) is 13.6. The fourth-order valence-corrected chi connectivity index (χ4v) is 1.33. The summed E-state index contributed by atoms with van der Waals surface area (Å²) in [6, 6.07) is 3.63. The normalized spacial score (nSPS) is 9.27. The fourth-order valence-electron chi connectivity index (χ4n) is 1.33. The van der Waals surface area contributed by atoms with Crippen LogP contribution in [0.2, 0.25) is 0 Å². The van der Waals surface area contributed by atoms with Crippen molar-refractivity contribution in [2.45, 2.75) is 13.5 Å². The zero-order chi connectivity index (χ0) is 11.3. The van der Waals surface area contributed by atoms with Crippen molar-refractivity contribution in [1.29, 1.82) is 0 Å². The van der Waals surface area contributed by atoms with Gasteiger partial charge in [0.05, 0.1) is 20.8 Å². The summed E-state index contributed by atoms with van der Waals surface area (Å²) in [7, 11) is 3.17. The summed E-state index contributed by atoms with van der Waals surface area (Å²) in [5.74, 6) is 1.42. The molecule has 0 spiro atoms. The molecule has 0 amide bonds. The van der Waals surface area contributed by atoms with Gasteiger partial charge in [-0.2, -0.15) is 0 Å². The summed E-state index contributed by atoms with van der Waals surface area (Å²) < 4.78 is 10.3. The topological polar surface area (TPSA) is 47.9 Å². The molecular weight excluding hydrogens is 194 g/mol. The molecule has 0 aromatic heterocycles. The van der Waals surface area contributed by atoms with E-state index in [1.54, 1.807) is 20.3 Å². The molecule has 0 aliphatic heterocycles. The molecular formula is C11H13NO3. The van der Waals surface area contributed by atoms with E-state index < -0.39 is 0 Å². The van der Waals surface area contributed by atoms with Crippen LogP contribution in [0.15, 0.2) is 17.1 Å². The summed E-state index contributed by atoms with van der Waals surface area (Å²) in [6.45, 7) is 2.21. The van der Waals surface area contributed by atoms with E-state index in [1.165, 1.54) is 6.08 Å². The van der Waals surface area contributed by atoms with Gasteiger partial charge in [0.1, 0.15) is 11.5 Å². The molecule has 0 fully saturated rings. The van der Waals surface area contributed by atoms with Crippen LogP contribution in [0.25, 0.3) is 0 Å². The maximum Gasteiger partial charge on any atom is 0.235 e. The molecule has 15 heavy (non-hydrogen) atoms. The number of hydrogen-bond acceptors (Lipinski definition) is 4. The highest BCUT2D eigenvalue weighted by Crippen LogP contribution is 2.28. The quantitative estimate of drug-likeness (QED) is 0.559. The van der Waals surface area contributed by atoms with Crippen molar-refractivity contribution in [2.24, 2.45) is 4.99 Å². The van der Waals surface area contributed by atoms with Gasteiger partial charge in [0.2, 0.25) is 6.08 Å². The second kappa shape index (κ2) is 5.17. The molecule has 0 heterocycles. The Morgan fingerprint density at radius 3 is 2.60 bits per heavy atom. The molecule has 0 saturated heterocycles. The maximum atomic E-state index is 10.0. The predicted octanol–water partition coefficient (Wildman–Crippen LogP) is 1.85. The van der Waals surface area contributed by atoms with E-state index in [2.05, 4.69) is 4.99 Å². The van der Waals surface area contributed by atoms with Gasteiger partial charge < -0.3 is 9.47 Å². The van der Waals surface area contributed by atoms with Crippen molar-refractivity contribution in [2.75, 3.05) is 14.2 Å². The fraction of sp³-hybridized carbons (Fsp3) is 0.364. The molecule has 0 atom stereocenters. The van der Waals surface area contributed by atoms with E-state index >= 15 is 0 Å². The van der Waals surface area contributed by atoms with Crippen LogP contribution >= 0.6 is 0 Å². The molecule has 0 N–H and O–H groups in total. The maximum absolute atomic E-state index is 10.0. The van der Waals surface area contributed by atoms with Gasteiger partial charge in [-0.3, -0.25) is 0 Å². The molecule has 0 aliphatic carbocycles. The second-order valence-electron chi connectivity index (χ2n) is 3.02. The van der Waals surface area contributed by atoms with Crippen molar-refractivity contribution in [3.05, 3.63) is 23.3 Å². The Kier molecular flexibility index (Phi) is 3.89. The van der Waals surface area contributed by atoms with Crippen LogP contribution in [-0.2, 0) is 11.3 Å². The molecule has 1 rings (SSSR count). The molecule has 1 aromatic rings. The summed E-state index contributed by atoms with van der Waals surface area (Å²) in [5.41, 5.74) is 1.85. The van der Waals surface area contributed by atoms with Crippen molar-refractivity contribution in [1.82, 2.24) is 0 Å². The Bertz CT molecular complexity index is 395. The number of carbonyl (C=O) groups excluding carboxylic acids is 1. The number of methoxy groups -OCH3 is 2. The third kappa shape index (κ3) is 2.58. The first-order valence-corrected chi connectivity index (χ1v) is 4.48. The highest BCUT2D eigenvalue weighted by Gasteiger charge is 2.07. The minimum absolute atomic E-state index is 0.295. The van der Waals surface area contributed by atoms with Crippen molar-refractivity contribution < 1.29 is 14.3 Å². The van der Waals surface area contributed by atoms with E-state index in [1.807, 2.05) is 13.0 Å². The van der Waals surface area contributed by atoms with Crippen LogP contribution in [0.4, 0.5) is 0 Å². The van der Waals surface area contributed by atoms with Gasteiger partial charge in [0.15, 0.2) is 0 Å². The molecule has 0 radical (unpaired) electrons. The van der Waals surface area contributed by atoms with Crippen LogP contribution in [-0.4, -0.2) is 20.3 Å². The summed E-state index contributed by atoms with van der Waals surface area (Å²) >= 11 is 0. The van der Waals surface area contributed by atoms with Crippen LogP contribution in [0.1, 0.15) is 11.1 Å². The second-order valence-corrected chi connectivity index (χ2v) is 3.02. The molecule has 4 heteroatoms. The van der Waals surface area contributed by atoms with Gasteiger partial charge in [-0.05, 0) is 24.1 Å². The molecule has 0 bridgehead atoms. The number of benzene rings is 1. The lowest BCUT2D eigenvalue weighted by Crippen LogP contribution is -1.95. The Morgan fingerprint density at radius 1 is 1.33 bits per heavy atom. The first-order chi connectivity index (χ1) is 7.22. The van der Waals surface area contributed by atoms with Crippen molar-refractivity contribution >= 4 is 6.08 Å². The number of ether oxygens (including phenoxy) is 2. The molecule has 0 aliphatic rings. The van der Waals surface area contributed by atoms with Gasteiger partial charge in [0, 0.05) is 6.07 Å². The average molecular weight is 207 g/mol.